The van der Waals surface area contributed by atoms with Crippen molar-refractivity contribution in [1.82, 2.24) is 20.0 Å². The van der Waals surface area contributed by atoms with Gasteiger partial charge in [-0.15, -0.1) is 0 Å². The Morgan fingerprint density at radius 3 is 2.60 bits per heavy atom. The number of methoxy groups -OCH3 is 1. The third-order valence-corrected chi connectivity index (χ3v) is 6.27. The van der Waals surface area contributed by atoms with Crippen molar-refractivity contribution < 1.29 is 36.3 Å². The number of aromatic nitrogens is 2. The third kappa shape index (κ3) is 6.36. The van der Waals surface area contributed by atoms with Gasteiger partial charge in [0.25, 0.3) is 0 Å². The van der Waals surface area contributed by atoms with Crippen molar-refractivity contribution in [3.05, 3.63) is 51.8 Å². The van der Waals surface area contributed by atoms with Gasteiger partial charge in [-0.05, 0) is 56.9 Å². The number of fused-ring (bicyclic) bond motifs is 1. The SMILES string of the molecule is CN1CCCC(c2cc(F)cc(F)c2C(F)(F)F)CC1.COC(=O)N1CCc2[nH]nc(C=O)c2C1. The number of carbonyl (C=O) groups excluding carboxylic acids is 2. The summed E-state index contributed by atoms with van der Waals surface area (Å²) in [5, 5.41) is 6.66. The summed E-state index contributed by atoms with van der Waals surface area (Å²) in [6, 6.07) is 1.14. The van der Waals surface area contributed by atoms with Gasteiger partial charge in [0.05, 0.1) is 19.2 Å². The number of amides is 1. The van der Waals surface area contributed by atoms with Gasteiger partial charge >= 0.3 is 12.3 Å². The van der Waals surface area contributed by atoms with Crippen molar-refractivity contribution in [2.75, 3.05) is 33.8 Å². The van der Waals surface area contributed by atoms with E-state index in [0.717, 1.165) is 30.3 Å². The van der Waals surface area contributed by atoms with Gasteiger partial charge in [-0.25, -0.2) is 13.6 Å². The minimum absolute atomic E-state index is 0.245. The topological polar surface area (TPSA) is 78.5 Å². The molecule has 2 aliphatic rings. The van der Waals surface area contributed by atoms with E-state index in [1.54, 1.807) is 4.90 Å². The summed E-state index contributed by atoms with van der Waals surface area (Å²) >= 11 is 0. The Morgan fingerprint density at radius 2 is 1.94 bits per heavy atom. The van der Waals surface area contributed by atoms with Crippen molar-refractivity contribution in [3.8, 4) is 0 Å². The predicted octanol–water partition coefficient (Wildman–Crippen LogP) is 4.53. The normalized spacial score (nSPS) is 18.7. The molecule has 1 aromatic heterocycles. The Kier molecular flexibility index (Phi) is 8.47. The molecule has 1 amide bonds. The summed E-state index contributed by atoms with van der Waals surface area (Å²) in [4.78, 5) is 25.5. The smallest absolute Gasteiger partial charge is 0.419 e. The average molecular weight is 502 g/mol. The van der Waals surface area contributed by atoms with Crippen LogP contribution in [0.25, 0.3) is 0 Å². The van der Waals surface area contributed by atoms with E-state index < -0.39 is 29.3 Å². The molecule has 0 bridgehead atoms. The second-order valence-corrected chi connectivity index (χ2v) is 8.61. The van der Waals surface area contributed by atoms with Gasteiger partial charge in [-0.2, -0.15) is 18.3 Å². The number of H-pyrrole nitrogens is 1. The zero-order chi connectivity index (χ0) is 25.8. The number of aldehydes is 1. The standard InChI is InChI=1S/C14H16F5N.C9H11N3O3/c1-20-5-2-3-9(4-6-20)11-7-10(15)8-12(16)13(11)14(17,18)19;1-15-9(14)12-3-2-7-6(4-12)8(5-13)11-10-7/h7-9H,2-6H2,1H3;5H,2-4H2,1H3,(H,10,11). The Labute approximate surface area is 199 Å². The van der Waals surface area contributed by atoms with E-state index >= 15 is 0 Å². The van der Waals surface area contributed by atoms with Crippen LogP contribution in [0, 0.1) is 11.6 Å². The van der Waals surface area contributed by atoms with Crippen LogP contribution in [0.1, 0.15) is 58.1 Å². The van der Waals surface area contributed by atoms with E-state index in [0.29, 0.717) is 56.9 Å². The number of aromatic amines is 1. The average Bonchev–Trinajstić information content (AvgIpc) is 3.09. The van der Waals surface area contributed by atoms with E-state index in [-0.39, 0.29) is 11.7 Å². The maximum Gasteiger partial charge on any atom is 0.419 e. The second-order valence-electron chi connectivity index (χ2n) is 8.61. The molecule has 2 aliphatic heterocycles. The molecule has 192 valence electrons. The van der Waals surface area contributed by atoms with Crippen LogP contribution in [0.15, 0.2) is 12.1 Å². The quantitative estimate of drug-likeness (QED) is 0.482. The van der Waals surface area contributed by atoms with Gasteiger partial charge in [0.2, 0.25) is 0 Å². The first-order valence-corrected chi connectivity index (χ1v) is 11.1. The lowest BCUT2D eigenvalue weighted by atomic mass is 9.88. The molecule has 1 N–H and O–H groups in total. The Bertz CT molecular complexity index is 1060. The number of ether oxygens (including phenoxy) is 1. The van der Waals surface area contributed by atoms with Crippen LogP contribution >= 0.6 is 0 Å². The summed E-state index contributed by atoms with van der Waals surface area (Å²) in [6.07, 6.45) is -2.11. The van der Waals surface area contributed by atoms with Crippen LogP contribution in [-0.2, 0) is 23.9 Å². The molecule has 1 saturated heterocycles. The number of hydrogen-bond donors (Lipinski definition) is 1. The number of hydrogen-bond acceptors (Lipinski definition) is 5. The minimum atomic E-state index is -4.80. The maximum atomic E-state index is 13.6. The van der Waals surface area contributed by atoms with Crippen molar-refractivity contribution in [2.45, 2.75) is 44.3 Å². The fourth-order valence-corrected chi connectivity index (χ4v) is 4.47. The van der Waals surface area contributed by atoms with Gasteiger partial charge in [0.1, 0.15) is 17.3 Å². The number of benzene rings is 1. The molecule has 0 aliphatic carbocycles. The van der Waals surface area contributed by atoms with Gasteiger partial charge in [-0.3, -0.25) is 9.89 Å². The molecule has 4 rings (SSSR count). The third-order valence-electron chi connectivity index (χ3n) is 6.27. The molecule has 1 unspecified atom stereocenters. The summed E-state index contributed by atoms with van der Waals surface area (Å²) in [5.74, 6) is -2.94. The van der Waals surface area contributed by atoms with Crippen LogP contribution in [0.3, 0.4) is 0 Å². The molecule has 12 heteroatoms. The minimum Gasteiger partial charge on any atom is -0.453 e. The summed E-state index contributed by atoms with van der Waals surface area (Å²) in [6.45, 7) is 2.38. The Morgan fingerprint density at radius 1 is 1.20 bits per heavy atom. The highest BCUT2D eigenvalue weighted by atomic mass is 19.4. The molecule has 1 aromatic carbocycles. The molecule has 35 heavy (non-hydrogen) atoms. The number of carbonyl (C=O) groups is 2. The van der Waals surface area contributed by atoms with Crippen molar-refractivity contribution in [3.63, 3.8) is 0 Å². The van der Waals surface area contributed by atoms with Gasteiger partial charge in [-0.1, -0.05) is 0 Å². The number of nitrogens with zero attached hydrogens (tertiary/aromatic N) is 3. The fraction of sp³-hybridized carbons (Fsp3) is 0.522. The van der Waals surface area contributed by atoms with Gasteiger partial charge < -0.3 is 14.5 Å². The molecule has 7 nitrogen and oxygen atoms in total. The first-order chi connectivity index (χ1) is 16.5. The molecular formula is C23H27F5N4O3. The highest BCUT2D eigenvalue weighted by molar-refractivity contribution is 5.76. The number of alkyl halides is 3. The van der Waals surface area contributed by atoms with Gasteiger partial charge in [0, 0.05) is 30.3 Å². The Balaban J connectivity index is 0.000000203. The first kappa shape index (κ1) is 26.6. The Hall–Kier alpha value is -3.02. The van der Waals surface area contributed by atoms with E-state index in [2.05, 4.69) is 14.9 Å². The lowest BCUT2D eigenvalue weighted by Gasteiger charge is -2.25. The summed E-state index contributed by atoms with van der Waals surface area (Å²) < 4.78 is 70.5. The van der Waals surface area contributed by atoms with Crippen LogP contribution in [-0.4, -0.2) is 66.2 Å². The second kappa shape index (κ2) is 11.1. The van der Waals surface area contributed by atoms with E-state index in [4.69, 9.17) is 0 Å². The molecule has 1 fully saturated rings. The van der Waals surface area contributed by atoms with E-state index in [1.807, 2.05) is 11.9 Å². The van der Waals surface area contributed by atoms with E-state index in [1.165, 1.54) is 7.11 Å². The summed E-state index contributed by atoms with van der Waals surface area (Å²) in [7, 11) is 3.23. The lowest BCUT2D eigenvalue weighted by Crippen LogP contribution is -2.35. The molecular weight excluding hydrogens is 475 g/mol. The molecule has 0 spiro atoms. The largest absolute Gasteiger partial charge is 0.453 e. The summed E-state index contributed by atoms with van der Waals surface area (Å²) in [5.41, 5.74) is 0.538. The number of halogens is 5. The lowest BCUT2D eigenvalue weighted by molar-refractivity contribution is -0.140. The molecule has 2 aromatic rings. The number of nitrogens with one attached hydrogen (secondary N) is 1. The molecule has 0 saturated carbocycles. The number of likely N-dealkylation sites (tertiary alicyclic amines) is 1. The zero-order valence-electron chi connectivity index (χ0n) is 19.4. The van der Waals surface area contributed by atoms with Crippen LogP contribution in [0.4, 0.5) is 26.7 Å². The van der Waals surface area contributed by atoms with E-state index in [9.17, 15) is 31.5 Å². The van der Waals surface area contributed by atoms with Crippen LogP contribution in [0.5, 0.6) is 0 Å². The zero-order valence-corrected chi connectivity index (χ0v) is 19.4. The number of rotatable bonds is 2. The van der Waals surface area contributed by atoms with Crippen molar-refractivity contribution in [2.24, 2.45) is 0 Å². The molecule has 1 atom stereocenters. The highest BCUT2D eigenvalue weighted by Crippen LogP contribution is 2.40. The predicted molar refractivity (Wildman–Crippen MR) is 116 cm³/mol. The first-order valence-electron chi connectivity index (χ1n) is 11.1. The highest BCUT2D eigenvalue weighted by Gasteiger charge is 2.39. The van der Waals surface area contributed by atoms with Crippen LogP contribution in [0.2, 0.25) is 0 Å². The molecule has 3 heterocycles. The maximum absolute atomic E-state index is 13.6. The van der Waals surface area contributed by atoms with Crippen molar-refractivity contribution in [1.29, 1.82) is 0 Å². The van der Waals surface area contributed by atoms with Crippen molar-refractivity contribution >= 4 is 12.4 Å². The molecule has 0 radical (unpaired) electrons. The van der Waals surface area contributed by atoms with Crippen LogP contribution < -0.4 is 0 Å². The monoisotopic (exact) mass is 502 g/mol. The fourth-order valence-electron chi connectivity index (χ4n) is 4.47. The van der Waals surface area contributed by atoms with Gasteiger partial charge in [0.15, 0.2) is 6.29 Å².